The predicted octanol–water partition coefficient (Wildman–Crippen LogP) is 7.29. The molecule has 5 aliphatic rings. The van der Waals surface area contributed by atoms with Crippen molar-refractivity contribution in [1.82, 2.24) is 0 Å². The molecule has 1 spiro atoms. The van der Waals surface area contributed by atoms with Crippen LogP contribution < -0.4 is 0 Å². The number of carbonyl (C=O) groups excluding carboxylic acids is 1. The fourth-order valence-electron chi connectivity index (χ4n) is 10.0. The average Bonchev–Trinajstić information content (AvgIpc) is 3.19. The number of hydrogen-bond acceptors (Lipinski definition) is 1. The van der Waals surface area contributed by atoms with E-state index in [0.29, 0.717) is 27.9 Å². The Bertz CT molecular complexity index is 651. The summed E-state index contributed by atoms with van der Waals surface area (Å²) in [6.45, 7) is 12.6. The zero-order valence-corrected chi connectivity index (χ0v) is 19.2. The third-order valence-corrected chi connectivity index (χ3v) is 11.5. The lowest BCUT2D eigenvalue weighted by molar-refractivity contribution is -0.124. The van der Waals surface area contributed by atoms with Gasteiger partial charge in [-0.1, -0.05) is 53.9 Å². The quantitative estimate of drug-likeness (QED) is 0.486. The molecule has 0 N–H and O–H groups in total. The van der Waals surface area contributed by atoms with Crippen molar-refractivity contribution in [2.24, 2.45) is 57.7 Å². The summed E-state index contributed by atoms with van der Waals surface area (Å²) >= 11 is 0. The standard InChI is InChI=1S/C27H44O/c1-17(2)7-6-8-18(3)20-9-10-21-19-11-14-27-15-23(27)24(28)16-26(27,5)22(19)12-13-25(20,21)4/h17-23H,6-16H2,1-5H3. The maximum absolute atomic E-state index is 12.6. The van der Waals surface area contributed by atoms with E-state index in [-0.39, 0.29) is 0 Å². The summed E-state index contributed by atoms with van der Waals surface area (Å²) in [6.07, 6.45) is 15.1. The molecule has 5 fully saturated rings. The first-order valence-corrected chi connectivity index (χ1v) is 12.8. The van der Waals surface area contributed by atoms with Crippen molar-refractivity contribution in [3.05, 3.63) is 0 Å². The summed E-state index contributed by atoms with van der Waals surface area (Å²) in [6, 6.07) is 0. The van der Waals surface area contributed by atoms with E-state index in [4.69, 9.17) is 0 Å². The van der Waals surface area contributed by atoms with Gasteiger partial charge < -0.3 is 0 Å². The van der Waals surface area contributed by atoms with Gasteiger partial charge in [-0.25, -0.2) is 0 Å². The summed E-state index contributed by atoms with van der Waals surface area (Å²) in [5, 5.41) is 0. The molecule has 0 bridgehead atoms. The molecule has 0 aromatic rings. The van der Waals surface area contributed by atoms with Gasteiger partial charge in [-0.2, -0.15) is 0 Å². The molecule has 9 unspecified atom stereocenters. The summed E-state index contributed by atoms with van der Waals surface area (Å²) in [5.74, 6) is 6.55. The smallest absolute Gasteiger partial charge is 0.137 e. The highest BCUT2D eigenvalue weighted by Crippen LogP contribution is 2.80. The minimum absolute atomic E-state index is 0.361. The van der Waals surface area contributed by atoms with E-state index in [9.17, 15) is 4.79 Å². The highest BCUT2D eigenvalue weighted by molar-refractivity contribution is 5.89. The molecular weight excluding hydrogens is 340 g/mol. The fraction of sp³-hybridized carbons (Fsp3) is 0.963. The van der Waals surface area contributed by atoms with E-state index < -0.39 is 0 Å². The fourth-order valence-corrected chi connectivity index (χ4v) is 10.0. The molecule has 1 nitrogen and oxygen atoms in total. The van der Waals surface area contributed by atoms with Gasteiger partial charge in [-0.3, -0.25) is 4.79 Å². The van der Waals surface area contributed by atoms with E-state index in [2.05, 4.69) is 34.6 Å². The SMILES string of the molecule is CC(C)CCCC(C)C1CCC2C3CCC45CC4C(=O)CC5(C)C3CCC12C. The van der Waals surface area contributed by atoms with Crippen LogP contribution in [0.1, 0.15) is 105 Å². The maximum atomic E-state index is 12.6. The topological polar surface area (TPSA) is 17.1 Å². The molecule has 5 saturated carbocycles. The Kier molecular flexibility index (Phi) is 4.44. The largest absolute Gasteiger partial charge is 0.299 e. The van der Waals surface area contributed by atoms with Gasteiger partial charge in [-0.15, -0.1) is 0 Å². The van der Waals surface area contributed by atoms with Crippen LogP contribution >= 0.6 is 0 Å². The minimum atomic E-state index is 0.361. The molecule has 0 aromatic carbocycles. The van der Waals surface area contributed by atoms with Crippen LogP contribution in [0.15, 0.2) is 0 Å². The first-order chi connectivity index (χ1) is 13.2. The van der Waals surface area contributed by atoms with E-state index >= 15 is 0 Å². The molecule has 0 aromatic heterocycles. The molecule has 0 aliphatic heterocycles. The highest BCUT2D eigenvalue weighted by Gasteiger charge is 2.76. The van der Waals surface area contributed by atoms with Crippen LogP contribution in [0.5, 0.6) is 0 Å². The summed E-state index contributed by atoms with van der Waals surface area (Å²) in [5.41, 5.74) is 1.41. The number of ketones is 1. The van der Waals surface area contributed by atoms with Crippen LogP contribution in [-0.4, -0.2) is 5.78 Å². The second kappa shape index (κ2) is 6.34. The lowest BCUT2D eigenvalue weighted by Gasteiger charge is -2.59. The van der Waals surface area contributed by atoms with Crippen molar-refractivity contribution in [2.75, 3.05) is 0 Å². The van der Waals surface area contributed by atoms with E-state index in [1.54, 1.807) is 0 Å². The summed E-state index contributed by atoms with van der Waals surface area (Å²) in [7, 11) is 0. The van der Waals surface area contributed by atoms with E-state index in [1.165, 1.54) is 64.2 Å². The van der Waals surface area contributed by atoms with Crippen molar-refractivity contribution in [3.8, 4) is 0 Å². The zero-order valence-electron chi connectivity index (χ0n) is 19.2. The lowest BCUT2D eigenvalue weighted by atomic mass is 9.46. The Hall–Kier alpha value is -0.330. The number of carbonyl (C=O) groups is 1. The van der Waals surface area contributed by atoms with Crippen LogP contribution in [-0.2, 0) is 4.79 Å². The Morgan fingerprint density at radius 2 is 1.75 bits per heavy atom. The monoisotopic (exact) mass is 384 g/mol. The molecule has 28 heavy (non-hydrogen) atoms. The molecule has 0 saturated heterocycles. The van der Waals surface area contributed by atoms with Gasteiger partial charge in [0.2, 0.25) is 0 Å². The number of rotatable bonds is 5. The van der Waals surface area contributed by atoms with E-state index in [0.717, 1.165) is 41.9 Å². The van der Waals surface area contributed by atoms with Crippen molar-refractivity contribution in [3.63, 3.8) is 0 Å². The van der Waals surface area contributed by atoms with Crippen molar-refractivity contribution in [2.45, 2.75) is 105 Å². The second-order valence-corrected chi connectivity index (χ2v) is 12.9. The van der Waals surface area contributed by atoms with E-state index in [1.807, 2.05) is 0 Å². The Balaban J connectivity index is 1.33. The summed E-state index contributed by atoms with van der Waals surface area (Å²) in [4.78, 5) is 12.6. The first kappa shape index (κ1) is 19.6. The number of fused-ring (bicyclic) bond motifs is 4. The maximum Gasteiger partial charge on any atom is 0.137 e. The molecule has 0 heterocycles. The second-order valence-electron chi connectivity index (χ2n) is 12.9. The normalized spacial score (nSPS) is 52.8. The molecule has 158 valence electrons. The molecule has 5 aliphatic carbocycles. The average molecular weight is 385 g/mol. The van der Waals surface area contributed by atoms with Gasteiger partial charge in [0, 0.05) is 12.3 Å². The minimum Gasteiger partial charge on any atom is -0.299 e. The molecule has 9 atom stereocenters. The summed E-state index contributed by atoms with van der Waals surface area (Å²) < 4.78 is 0. The number of Topliss-reactive ketones (excluding diaryl/α,β-unsaturated/α-hetero) is 1. The van der Waals surface area contributed by atoms with Crippen LogP contribution in [0.3, 0.4) is 0 Å². The van der Waals surface area contributed by atoms with Gasteiger partial charge in [0.15, 0.2) is 0 Å². The van der Waals surface area contributed by atoms with Gasteiger partial charge in [0.05, 0.1) is 0 Å². The van der Waals surface area contributed by atoms with Gasteiger partial charge >= 0.3 is 0 Å². The third kappa shape index (κ3) is 2.46. The Labute approximate surface area is 173 Å². The van der Waals surface area contributed by atoms with Crippen LogP contribution in [0.4, 0.5) is 0 Å². The highest BCUT2D eigenvalue weighted by atomic mass is 16.1. The molecule has 0 amide bonds. The van der Waals surface area contributed by atoms with Crippen LogP contribution in [0.25, 0.3) is 0 Å². The molecule has 1 heteroatoms. The zero-order chi connectivity index (χ0) is 19.9. The van der Waals surface area contributed by atoms with Gasteiger partial charge in [-0.05, 0) is 96.7 Å². The first-order valence-electron chi connectivity index (χ1n) is 12.8. The molecular formula is C27H44O. The van der Waals surface area contributed by atoms with Crippen molar-refractivity contribution < 1.29 is 4.79 Å². The Morgan fingerprint density at radius 3 is 2.46 bits per heavy atom. The third-order valence-electron chi connectivity index (χ3n) is 11.5. The van der Waals surface area contributed by atoms with Gasteiger partial charge in [0.25, 0.3) is 0 Å². The Morgan fingerprint density at radius 1 is 0.964 bits per heavy atom. The van der Waals surface area contributed by atoms with Gasteiger partial charge in [0.1, 0.15) is 5.78 Å². The predicted molar refractivity (Wildman–Crippen MR) is 116 cm³/mol. The van der Waals surface area contributed by atoms with Crippen molar-refractivity contribution >= 4 is 5.78 Å². The van der Waals surface area contributed by atoms with Crippen LogP contribution in [0, 0.1) is 57.7 Å². The molecule has 0 radical (unpaired) electrons. The van der Waals surface area contributed by atoms with Crippen molar-refractivity contribution in [1.29, 1.82) is 0 Å². The molecule has 5 rings (SSSR count). The number of hydrogen-bond donors (Lipinski definition) is 0. The van der Waals surface area contributed by atoms with Crippen LogP contribution in [0.2, 0.25) is 0 Å². The lowest BCUT2D eigenvalue weighted by Crippen LogP contribution is -2.52.